The molecule has 0 saturated carbocycles. The standard InChI is InChI=1S/C39H39ClN8O5/c1-52-20-18-47(19-21-53-2)33(50)13-5-3-4-8-25-9-7-12-31-34(25)39(51)45-32(44-31)22-27-10-6-11-30(40)29(27)23-48-38-35(37(41)42-24-43-38)36(46-48)26-14-16-28(49)17-15-26/h6-7,9-12,14-17,24,49H,3,5,13,18-23H2,1-2H3,(H2,41,42,43)(H,44,45,51). The van der Waals surface area contributed by atoms with Crippen molar-refractivity contribution >= 4 is 45.3 Å². The number of ether oxygens (including phenoxy) is 2. The van der Waals surface area contributed by atoms with Crippen LogP contribution in [0.25, 0.3) is 33.2 Å². The van der Waals surface area contributed by atoms with Crippen LogP contribution >= 0.6 is 11.6 Å². The van der Waals surface area contributed by atoms with Crippen molar-refractivity contribution in [2.24, 2.45) is 0 Å². The lowest BCUT2D eigenvalue weighted by atomic mass is 10.0. The highest BCUT2D eigenvalue weighted by molar-refractivity contribution is 6.31. The molecule has 3 aromatic heterocycles. The molecule has 272 valence electrons. The number of H-pyrrole nitrogens is 1. The van der Waals surface area contributed by atoms with E-state index in [0.29, 0.717) is 89.6 Å². The Kier molecular flexibility index (Phi) is 12.0. The van der Waals surface area contributed by atoms with E-state index in [1.54, 1.807) is 66.3 Å². The number of carbonyl (C=O) groups excluding carboxylic acids is 1. The van der Waals surface area contributed by atoms with E-state index in [0.717, 1.165) is 16.7 Å². The Morgan fingerprint density at radius 3 is 2.53 bits per heavy atom. The molecule has 6 rings (SSSR count). The highest BCUT2D eigenvalue weighted by Gasteiger charge is 2.20. The number of hydrogen-bond acceptors (Lipinski definition) is 10. The van der Waals surface area contributed by atoms with Crippen LogP contribution in [0.1, 0.15) is 41.8 Å². The number of aromatic nitrogens is 6. The summed E-state index contributed by atoms with van der Waals surface area (Å²) in [5, 5.41) is 16.2. The van der Waals surface area contributed by atoms with E-state index in [2.05, 4.69) is 26.8 Å². The summed E-state index contributed by atoms with van der Waals surface area (Å²) in [5.74, 6) is 7.13. The van der Waals surface area contributed by atoms with Crippen molar-refractivity contribution in [2.75, 3.05) is 46.3 Å². The Bertz CT molecular complexity index is 2360. The number of anilines is 1. The van der Waals surface area contributed by atoms with Crippen LogP contribution in [0.4, 0.5) is 5.82 Å². The van der Waals surface area contributed by atoms with Crippen LogP contribution in [0.5, 0.6) is 5.75 Å². The van der Waals surface area contributed by atoms with Gasteiger partial charge in [0.2, 0.25) is 5.91 Å². The van der Waals surface area contributed by atoms with Gasteiger partial charge in [-0.25, -0.2) is 19.6 Å². The fourth-order valence-corrected chi connectivity index (χ4v) is 6.33. The summed E-state index contributed by atoms with van der Waals surface area (Å²) in [6.07, 6.45) is 3.11. The van der Waals surface area contributed by atoms with E-state index >= 15 is 0 Å². The molecule has 3 heterocycles. The Morgan fingerprint density at radius 2 is 1.77 bits per heavy atom. The third-order valence-electron chi connectivity index (χ3n) is 8.76. The SMILES string of the molecule is COCCN(CCOC)C(=O)CCCC#Cc1cccc2nc(Cc3cccc(Cl)c3Cn3nc(-c4ccc(O)cc4)c4c(N)ncnc43)[nH]c(=O)c12. The van der Waals surface area contributed by atoms with Gasteiger partial charge in [-0.1, -0.05) is 41.6 Å². The number of halogens is 1. The molecule has 0 aliphatic carbocycles. The molecule has 0 unspecified atom stereocenters. The third kappa shape index (κ3) is 8.64. The van der Waals surface area contributed by atoms with E-state index in [9.17, 15) is 14.7 Å². The number of carbonyl (C=O) groups is 1. The van der Waals surface area contributed by atoms with Crippen LogP contribution in [-0.2, 0) is 27.2 Å². The summed E-state index contributed by atoms with van der Waals surface area (Å²) in [6.45, 7) is 2.18. The van der Waals surface area contributed by atoms with E-state index in [1.165, 1.54) is 6.33 Å². The van der Waals surface area contributed by atoms with Gasteiger partial charge in [0.15, 0.2) is 5.65 Å². The average Bonchev–Trinajstić information content (AvgIpc) is 3.52. The number of hydrogen-bond donors (Lipinski definition) is 3. The Labute approximate surface area is 310 Å². The van der Waals surface area contributed by atoms with Crippen LogP contribution in [0.15, 0.2) is 71.8 Å². The molecular weight excluding hydrogens is 696 g/mol. The first-order chi connectivity index (χ1) is 25.8. The van der Waals surface area contributed by atoms with Gasteiger partial charge >= 0.3 is 0 Å². The second-order valence-corrected chi connectivity index (χ2v) is 12.7. The number of nitrogens with one attached hydrogen (secondary N) is 1. The monoisotopic (exact) mass is 734 g/mol. The molecule has 0 saturated heterocycles. The number of aromatic hydroxyl groups is 1. The van der Waals surface area contributed by atoms with Crippen LogP contribution < -0.4 is 11.3 Å². The van der Waals surface area contributed by atoms with Gasteiger partial charge < -0.3 is 30.2 Å². The Balaban J connectivity index is 1.21. The maximum absolute atomic E-state index is 13.5. The molecule has 4 N–H and O–H groups in total. The molecule has 3 aromatic carbocycles. The first kappa shape index (κ1) is 37.0. The number of phenolic OH excluding ortho intramolecular Hbond substituents is 1. The maximum Gasteiger partial charge on any atom is 0.260 e. The summed E-state index contributed by atoms with van der Waals surface area (Å²) in [4.78, 5) is 44.4. The molecule has 0 atom stereocenters. The van der Waals surface area contributed by atoms with Gasteiger partial charge in [-0.3, -0.25) is 9.59 Å². The topological polar surface area (TPSA) is 174 Å². The molecule has 0 aliphatic heterocycles. The number of rotatable bonds is 14. The molecule has 0 bridgehead atoms. The van der Waals surface area contributed by atoms with E-state index in [-0.39, 0.29) is 36.0 Å². The summed E-state index contributed by atoms with van der Waals surface area (Å²) in [5.41, 5.74) is 10.5. The minimum absolute atomic E-state index is 0.0255. The summed E-state index contributed by atoms with van der Waals surface area (Å²) in [7, 11) is 3.21. The highest BCUT2D eigenvalue weighted by Crippen LogP contribution is 2.32. The molecule has 0 spiro atoms. The molecular formula is C39H39ClN8O5. The molecule has 53 heavy (non-hydrogen) atoms. The molecule has 0 radical (unpaired) electrons. The van der Waals surface area contributed by atoms with E-state index < -0.39 is 0 Å². The molecule has 13 nitrogen and oxygen atoms in total. The summed E-state index contributed by atoms with van der Waals surface area (Å²) < 4.78 is 12.0. The fourth-order valence-electron chi connectivity index (χ4n) is 6.07. The van der Waals surface area contributed by atoms with Crippen LogP contribution in [0.2, 0.25) is 5.02 Å². The van der Waals surface area contributed by atoms with Gasteiger partial charge in [-0.2, -0.15) is 5.10 Å². The lowest BCUT2D eigenvalue weighted by Gasteiger charge is -2.21. The number of nitrogens with two attached hydrogens (primary N) is 1. The van der Waals surface area contributed by atoms with Gasteiger partial charge in [0, 0.05) is 62.7 Å². The van der Waals surface area contributed by atoms with Crippen molar-refractivity contribution in [1.29, 1.82) is 0 Å². The minimum Gasteiger partial charge on any atom is -0.508 e. The van der Waals surface area contributed by atoms with E-state index in [1.807, 2.05) is 18.2 Å². The molecule has 1 amide bonds. The number of fused-ring (bicyclic) bond motifs is 2. The summed E-state index contributed by atoms with van der Waals surface area (Å²) in [6, 6.07) is 17.6. The third-order valence-corrected chi connectivity index (χ3v) is 9.12. The number of nitrogens with zero attached hydrogens (tertiary/aromatic N) is 6. The molecule has 6 aromatic rings. The zero-order valence-electron chi connectivity index (χ0n) is 29.4. The van der Waals surface area contributed by atoms with Crippen molar-refractivity contribution in [3.8, 4) is 28.8 Å². The van der Waals surface area contributed by atoms with Gasteiger partial charge in [-0.15, -0.1) is 0 Å². The number of aromatic amines is 1. The van der Waals surface area contributed by atoms with Crippen molar-refractivity contribution in [3.05, 3.63) is 105 Å². The Hall–Kier alpha value is -5.81. The number of methoxy groups -OCH3 is 2. The fraction of sp³-hybridized carbons (Fsp3) is 0.282. The van der Waals surface area contributed by atoms with Gasteiger partial charge in [-0.05, 0) is 60.0 Å². The number of amides is 1. The van der Waals surface area contributed by atoms with Crippen LogP contribution in [0.3, 0.4) is 0 Å². The van der Waals surface area contributed by atoms with Gasteiger partial charge in [0.05, 0.1) is 36.0 Å². The summed E-state index contributed by atoms with van der Waals surface area (Å²) >= 11 is 6.80. The average molecular weight is 735 g/mol. The maximum atomic E-state index is 13.5. The largest absolute Gasteiger partial charge is 0.508 e. The molecule has 0 fully saturated rings. The van der Waals surface area contributed by atoms with Crippen LogP contribution in [0, 0.1) is 11.8 Å². The van der Waals surface area contributed by atoms with Gasteiger partial charge in [0.1, 0.15) is 29.4 Å². The normalized spacial score (nSPS) is 11.2. The number of nitrogen functional groups attached to an aromatic ring is 1. The predicted molar refractivity (Wildman–Crippen MR) is 204 cm³/mol. The number of unbranched alkanes of at least 4 members (excludes halogenated alkanes) is 1. The predicted octanol–water partition coefficient (Wildman–Crippen LogP) is 4.95. The quantitative estimate of drug-likeness (QED) is 0.103. The van der Waals surface area contributed by atoms with E-state index in [4.69, 9.17) is 36.9 Å². The zero-order chi connectivity index (χ0) is 37.3. The minimum atomic E-state index is -0.302. The lowest BCUT2D eigenvalue weighted by molar-refractivity contribution is -0.132. The van der Waals surface area contributed by atoms with Crippen molar-refractivity contribution in [1.82, 2.24) is 34.6 Å². The van der Waals surface area contributed by atoms with Gasteiger partial charge in [0.25, 0.3) is 5.56 Å². The number of benzene rings is 3. The second kappa shape index (κ2) is 17.1. The van der Waals surface area contributed by atoms with Crippen molar-refractivity contribution in [2.45, 2.75) is 32.2 Å². The number of phenols is 1. The first-order valence-electron chi connectivity index (χ1n) is 17.1. The zero-order valence-corrected chi connectivity index (χ0v) is 30.2. The molecule has 0 aliphatic rings. The smallest absolute Gasteiger partial charge is 0.260 e. The second-order valence-electron chi connectivity index (χ2n) is 12.3. The van der Waals surface area contributed by atoms with Crippen molar-refractivity contribution in [3.63, 3.8) is 0 Å². The Morgan fingerprint density at radius 1 is 1.02 bits per heavy atom. The lowest BCUT2D eigenvalue weighted by Crippen LogP contribution is -2.36. The first-order valence-corrected chi connectivity index (χ1v) is 17.4. The highest BCUT2D eigenvalue weighted by atomic mass is 35.5. The van der Waals surface area contributed by atoms with Crippen LogP contribution in [-0.4, -0.2) is 86.2 Å². The van der Waals surface area contributed by atoms with Crippen molar-refractivity contribution < 1.29 is 19.4 Å². The molecule has 14 heteroatoms.